The number of aromatic nitrogens is 2. The number of benzene rings is 1. The quantitative estimate of drug-likeness (QED) is 0.792. The van der Waals surface area contributed by atoms with Crippen LogP contribution in [0.4, 0.5) is 0 Å². The number of halogens is 1. The third-order valence-corrected chi connectivity index (χ3v) is 2.43. The molecular weight excluding hydrogens is 272 g/mol. The highest BCUT2D eigenvalue weighted by molar-refractivity contribution is 9.10. The molecule has 1 heterocycles. The van der Waals surface area contributed by atoms with Crippen LogP contribution in [-0.2, 0) is 0 Å². The number of terminal acetylenes is 1. The SMILES string of the molecule is C#Cc1nnc(-c2cc(Br)ccc2OC)o1. The molecular formula is C11H7BrN2O2. The Kier molecular flexibility index (Phi) is 2.93. The third-order valence-electron chi connectivity index (χ3n) is 1.94. The lowest BCUT2D eigenvalue weighted by molar-refractivity contribution is 0.414. The van der Waals surface area contributed by atoms with E-state index in [9.17, 15) is 0 Å². The van der Waals surface area contributed by atoms with Gasteiger partial charge in [-0.2, -0.15) is 0 Å². The van der Waals surface area contributed by atoms with E-state index in [1.165, 1.54) is 0 Å². The molecule has 0 atom stereocenters. The monoisotopic (exact) mass is 278 g/mol. The topological polar surface area (TPSA) is 48.2 Å². The van der Waals surface area contributed by atoms with Gasteiger partial charge in [-0.15, -0.1) is 11.5 Å². The second-order valence-corrected chi connectivity index (χ2v) is 3.82. The normalized spacial score (nSPS) is 9.81. The van der Waals surface area contributed by atoms with Gasteiger partial charge < -0.3 is 9.15 Å². The van der Waals surface area contributed by atoms with Crippen LogP contribution in [0, 0.1) is 12.3 Å². The molecule has 0 spiro atoms. The summed E-state index contributed by atoms with van der Waals surface area (Å²) in [7, 11) is 1.57. The number of hydrogen-bond acceptors (Lipinski definition) is 4. The number of methoxy groups -OCH3 is 1. The van der Waals surface area contributed by atoms with Crippen molar-refractivity contribution in [2.75, 3.05) is 7.11 Å². The zero-order chi connectivity index (χ0) is 11.5. The van der Waals surface area contributed by atoms with E-state index in [0.717, 1.165) is 4.47 Å². The Bertz CT molecular complexity index is 557. The highest BCUT2D eigenvalue weighted by atomic mass is 79.9. The first kappa shape index (κ1) is 10.7. The second-order valence-electron chi connectivity index (χ2n) is 2.90. The Morgan fingerprint density at radius 3 is 2.88 bits per heavy atom. The summed E-state index contributed by atoms with van der Waals surface area (Å²) in [4.78, 5) is 0. The van der Waals surface area contributed by atoms with Crippen LogP contribution >= 0.6 is 15.9 Å². The smallest absolute Gasteiger partial charge is 0.293 e. The maximum atomic E-state index is 5.26. The Labute approximate surface area is 101 Å². The summed E-state index contributed by atoms with van der Waals surface area (Å²) in [5.74, 6) is 3.41. The summed E-state index contributed by atoms with van der Waals surface area (Å²) in [5, 5.41) is 7.54. The fraction of sp³-hybridized carbons (Fsp3) is 0.0909. The highest BCUT2D eigenvalue weighted by Gasteiger charge is 2.12. The average molecular weight is 279 g/mol. The molecule has 2 rings (SSSR count). The summed E-state index contributed by atoms with van der Waals surface area (Å²) < 4.78 is 11.3. The van der Waals surface area contributed by atoms with E-state index in [1.54, 1.807) is 13.2 Å². The van der Waals surface area contributed by atoms with Gasteiger partial charge in [0.05, 0.1) is 12.7 Å². The van der Waals surface area contributed by atoms with Crippen LogP contribution in [0.3, 0.4) is 0 Å². The first-order valence-electron chi connectivity index (χ1n) is 4.38. The van der Waals surface area contributed by atoms with Crippen molar-refractivity contribution < 1.29 is 9.15 Å². The van der Waals surface area contributed by atoms with Crippen molar-refractivity contribution in [3.05, 3.63) is 28.6 Å². The van der Waals surface area contributed by atoms with Crippen molar-refractivity contribution in [2.24, 2.45) is 0 Å². The maximum Gasteiger partial charge on any atom is 0.293 e. The van der Waals surface area contributed by atoms with Crippen LogP contribution in [0.15, 0.2) is 27.1 Å². The standard InChI is InChI=1S/C11H7BrN2O2/c1-3-10-13-14-11(16-10)8-6-7(12)4-5-9(8)15-2/h1,4-6H,2H3. The Morgan fingerprint density at radius 1 is 1.44 bits per heavy atom. The van der Waals surface area contributed by atoms with E-state index in [-0.39, 0.29) is 5.89 Å². The molecule has 0 aliphatic carbocycles. The van der Waals surface area contributed by atoms with Gasteiger partial charge in [-0.3, -0.25) is 0 Å². The minimum absolute atomic E-state index is 0.150. The first-order chi connectivity index (χ1) is 7.74. The molecule has 0 aliphatic heterocycles. The van der Waals surface area contributed by atoms with Gasteiger partial charge in [0.2, 0.25) is 0 Å². The molecule has 5 heteroatoms. The third kappa shape index (κ3) is 1.92. The van der Waals surface area contributed by atoms with Gasteiger partial charge in [-0.05, 0) is 24.1 Å². The predicted octanol–water partition coefficient (Wildman–Crippen LogP) is 2.49. The zero-order valence-electron chi connectivity index (χ0n) is 8.40. The van der Waals surface area contributed by atoms with E-state index in [0.29, 0.717) is 17.2 Å². The van der Waals surface area contributed by atoms with Crippen molar-refractivity contribution in [1.82, 2.24) is 10.2 Å². The molecule has 0 fully saturated rings. The predicted molar refractivity (Wildman–Crippen MR) is 61.9 cm³/mol. The van der Waals surface area contributed by atoms with Crippen LogP contribution in [0.5, 0.6) is 5.75 Å². The summed E-state index contributed by atoms with van der Waals surface area (Å²) in [6.07, 6.45) is 5.15. The molecule has 1 aromatic heterocycles. The average Bonchev–Trinajstić information content (AvgIpc) is 2.77. The van der Waals surface area contributed by atoms with Gasteiger partial charge in [-0.25, -0.2) is 0 Å². The van der Waals surface area contributed by atoms with E-state index in [4.69, 9.17) is 15.6 Å². The Morgan fingerprint density at radius 2 is 2.25 bits per heavy atom. The van der Waals surface area contributed by atoms with Crippen molar-refractivity contribution in [3.8, 4) is 29.5 Å². The second kappa shape index (κ2) is 4.37. The van der Waals surface area contributed by atoms with Gasteiger partial charge in [0.15, 0.2) is 0 Å². The molecule has 0 amide bonds. The van der Waals surface area contributed by atoms with E-state index < -0.39 is 0 Å². The van der Waals surface area contributed by atoms with Crippen molar-refractivity contribution in [1.29, 1.82) is 0 Å². The molecule has 0 radical (unpaired) electrons. The van der Waals surface area contributed by atoms with Crippen LogP contribution in [0.2, 0.25) is 0 Å². The minimum Gasteiger partial charge on any atom is -0.496 e. The van der Waals surface area contributed by atoms with Crippen molar-refractivity contribution in [2.45, 2.75) is 0 Å². The molecule has 0 aliphatic rings. The fourth-order valence-corrected chi connectivity index (χ4v) is 1.60. The molecule has 0 saturated carbocycles. The molecule has 0 N–H and O–H groups in total. The zero-order valence-corrected chi connectivity index (χ0v) is 9.98. The van der Waals surface area contributed by atoms with E-state index in [2.05, 4.69) is 32.0 Å². The molecule has 16 heavy (non-hydrogen) atoms. The molecule has 0 bridgehead atoms. The molecule has 2 aromatic rings. The van der Waals surface area contributed by atoms with E-state index in [1.807, 2.05) is 12.1 Å². The first-order valence-corrected chi connectivity index (χ1v) is 5.18. The molecule has 0 unspecified atom stereocenters. The maximum absolute atomic E-state index is 5.26. The molecule has 1 aromatic carbocycles. The van der Waals surface area contributed by atoms with Gasteiger partial charge in [0.25, 0.3) is 11.8 Å². The molecule has 80 valence electrons. The van der Waals surface area contributed by atoms with Gasteiger partial charge in [0, 0.05) is 4.47 Å². The largest absolute Gasteiger partial charge is 0.496 e. The summed E-state index contributed by atoms with van der Waals surface area (Å²) in [5.41, 5.74) is 0.700. The van der Waals surface area contributed by atoms with Crippen molar-refractivity contribution in [3.63, 3.8) is 0 Å². The fourth-order valence-electron chi connectivity index (χ4n) is 1.24. The lowest BCUT2D eigenvalue weighted by Crippen LogP contribution is -1.88. The van der Waals surface area contributed by atoms with Gasteiger partial charge >= 0.3 is 0 Å². The Balaban J connectivity index is 2.54. The van der Waals surface area contributed by atoms with Crippen LogP contribution in [-0.4, -0.2) is 17.3 Å². The summed E-state index contributed by atoms with van der Waals surface area (Å²) in [6, 6.07) is 5.49. The highest BCUT2D eigenvalue weighted by Crippen LogP contribution is 2.31. The number of rotatable bonds is 2. The number of ether oxygens (including phenoxy) is 1. The summed E-state index contributed by atoms with van der Waals surface area (Å²) in [6.45, 7) is 0. The van der Waals surface area contributed by atoms with Gasteiger partial charge in [0.1, 0.15) is 5.75 Å². The number of nitrogens with zero attached hydrogens (tertiary/aromatic N) is 2. The van der Waals surface area contributed by atoms with Gasteiger partial charge in [-0.1, -0.05) is 21.0 Å². The minimum atomic E-state index is 0.150. The van der Waals surface area contributed by atoms with Crippen molar-refractivity contribution >= 4 is 15.9 Å². The van der Waals surface area contributed by atoms with Crippen LogP contribution in [0.1, 0.15) is 5.89 Å². The summed E-state index contributed by atoms with van der Waals surface area (Å²) >= 11 is 3.36. The molecule has 0 saturated heterocycles. The molecule has 4 nitrogen and oxygen atoms in total. The Hall–Kier alpha value is -1.80. The lowest BCUT2D eigenvalue weighted by Gasteiger charge is -2.04. The van der Waals surface area contributed by atoms with Crippen LogP contribution < -0.4 is 4.74 Å². The van der Waals surface area contributed by atoms with Crippen LogP contribution in [0.25, 0.3) is 11.5 Å². The number of hydrogen-bond donors (Lipinski definition) is 0. The van der Waals surface area contributed by atoms with E-state index >= 15 is 0 Å². The lowest BCUT2D eigenvalue weighted by atomic mass is 10.2.